The minimum absolute atomic E-state index is 0.0973. The summed E-state index contributed by atoms with van der Waals surface area (Å²) in [5.74, 6) is 0.111. The molecule has 2 aromatic rings. The van der Waals surface area contributed by atoms with Crippen LogP contribution in [-0.2, 0) is 11.3 Å². The van der Waals surface area contributed by atoms with E-state index in [4.69, 9.17) is 4.74 Å². The molecule has 4 nitrogen and oxygen atoms in total. The summed E-state index contributed by atoms with van der Waals surface area (Å²) in [6.07, 6.45) is 1.05. The highest BCUT2D eigenvalue weighted by Gasteiger charge is 2.25. The third kappa shape index (κ3) is 6.00. The minimum atomic E-state index is -0.556. The van der Waals surface area contributed by atoms with Gasteiger partial charge in [-0.25, -0.2) is 8.78 Å². The lowest BCUT2D eigenvalue weighted by atomic mass is 10.0. The van der Waals surface area contributed by atoms with Crippen LogP contribution >= 0.6 is 0 Å². The molecule has 0 radical (unpaired) electrons. The van der Waals surface area contributed by atoms with E-state index in [1.54, 1.807) is 7.05 Å². The number of ether oxygens (including phenoxy) is 1. The largest absolute Gasteiger partial charge is 0.376 e. The Hall–Kier alpha value is -2.47. The van der Waals surface area contributed by atoms with Crippen molar-refractivity contribution in [2.45, 2.75) is 25.9 Å². The Labute approximate surface area is 171 Å². The van der Waals surface area contributed by atoms with E-state index in [0.29, 0.717) is 24.6 Å². The van der Waals surface area contributed by atoms with Gasteiger partial charge in [0.2, 0.25) is 0 Å². The maximum atomic E-state index is 14.0. The fourth-order valence-electron chi connectivity index (χ4n) is 3.67. The molecule has 0 aliphatic carbocycles. The van der Waals surface area contributed by atoms with Gasteiger partial charge in [-0.1, -0.05) is 43.3 Å². The van der Waals surface area contributed by atoms with Crippen LogP contribution in [0.3, 0.4) is 0 Å². The first-order chi connectivity index (χ1) is 14.1. The molecular weight excluding hydrogens is 372 g/mol. The molecule has 0 bridgehead atoms. The van der Waals surface area contributed by atoms with E-state index < -0.39 is 11.6 Å². The van der Waals surface area contributed by atoms with E-state index in [-0.39, 0.29) is 5.92 Å². The van der Waals surface area contributed by atoms with Crippen molar-refractivity contribution in [3.63, 3.8) is 0 Å². The van der Waals surface area contributed by atoms with E-state index in [2.05, 4.69) is 27.3 Å². The van der Waals surface area contributed by atoms with Gasteiger partial charge < -0.3 is 15.0 Å². The van der Waals surface area contributed by atoms with Gasteiger partial charge in [-0.05, 0) is 23.6 Å². The molecule has 0 aromatic heterocycles. The molecule has 2 unspecified atom stereocenters. The lowest BCUT2D eigenvalue weighted by Gasteiger charge is -2.23. The van der Waals surface area contributed by atoms with E-state index in [1.807, 2.05) is 25.1 Å². The zero-order chi connectivity index (χ0) is 20.6. The van der Waals surface area contributed by atoms with Crippen molar-refractivity contribution in [1.29, 1.82) is 0 Å². The molecule has 3 rings (SSSR count). The van der Waals surface area contributed by atoms with Crippen LogP contribution in [0.25, 0.3) is 0 Å². The maximum Gasteiger partial charge on any atom is 0.193 e. The molecule has 1 aliphatic rings. The number of guanidine groups is 1. The predicted molar refractivity (Wildman–Crippen MR) is 112 cm³/mol. The average molecular weight is 402 g/mol. The lowest BCUT2D eigenvalue weighted by molar-refractivity contribution is 0.0906. The van der Waals surface area contributed by atoms with Gasteiger partial charge in [0.05, 0.1) is 13.2 Å². The van der Waals surface area contributed by atoms with Crippen LogP contribution in [0.4, 0.5) is 8.78 Å². The summed E-state index contributed by atoms with van der Waals surface area (Å²) < 4.78 is 33.0. The van der Waals surface area contributed by atoms with Crippen LogP contribution in [-0.4, -0.2) is 44.1 Å². The number of hydrogen-bond donors (Lipinski definition) is 1. The van der Waals surface area contributed by atoms with Gasteiger partial charge in [0, 0.05) is 44.6 Å². The van der Waals surface area contributed by atoms with E-state index >= 15 is 0 Å². The Morgan fingerprint density at radius 2 is 2.03 bits per heavy atom. The number of benzene rings is 2. The number of hydrogen-bond acceptors (Lipinski definition) is 2. The van der Waals surface area contributed by atoms with Crippen LogP contribution in [0.1, 0.15) is 30.4 Å². The van der Waals surface area contributed by atoms with E-state index in [0.717, 1.165) is 38.1 Å². The van der Waals surface area contributed by atoms with Crippen molar-refractivity contribution in [2.24, 2.45) is 10.9 Å². The fraction of sp³-hybridized carbons (Fsp3) is 0.435. The Balaban J connectivity index is 1.44. The standard InChI is InChI=1S/C23H29F2N3O/c1-17(21-9-8-20(24)12-22(21)25)13-27-23(26-2)28-11-10-19(14-28)16-29-15-18-6-4-3-5-7-18/h3-9,12,17,19H,10-11,13-16H2,1-2H3,(H,26,27). The number of likely N-dealkylation sites (tertiary alicyclic amines) is 1. The molecule has 1 aliphatic heterocycles. The fourth-order valence-corrected chi connectivity index (χ4v) is 3.67. The van der Waals surface area contributed by atoms with Crippen LogP contribution in [0.5, 0.6) is 0 Å². The highest BCUT2D eigenvalue weighted by Crippen LogP contribution is 2.20. The van der Waals surface area contributed by atoms with Gasteiger partial charge in [0.25, 0.3) is 0 Å². The predicted octanol–water partition coefficient (Wildman–Crippen LogP) is 4.18. The van der Waals surface area contributed by atoms with Crippen LogP contribution in [0, 0.1) is 17.6 Å². The van der Waals surface area contributed by atoms with E-state index in [9.17, 15) is 8.78 Å². The molecule has 0 spiro atoms. The Morgan fingerprint density at radius 3 is 2.76 bits per heavy atom. The Bertz CT molecular complexity index is 813. The maximum absolute atomic E-state index is 14.0. The average Bonchev–Trinajstić information content (AvgIpc) is 3.18. The second-order valence-electron chi connectivity index (χ2n) is 7.60. The van der Waals surface area contributed by atoms with Crippen molar-refractivity contribution in [3.05, 3.63) is 71.3 Å². The van der Waals surface area contributed by atoms with Gasteiger partial charge >= 0.3 is 0 Å². The zero-order valence-corrected chi connectivity index (χ0v) is 17.1. The number of nitrogens with one attached hydrogen (secondary N) is 1. The molecule has 1 saturated heterocycles. The Morgan fingerprint density at radius 1 is 1.24 bits per heavy atom. The van der Waals surface area contributed by atoms with Gasteiger partial charge in [-0.3, -0.25) is 4.99 Å². The quantitative estimate of drug-likeness (QED) is 0.559. The number of nitrogens with zero attached hydrogens (tertiary/aromatic N) is 2. The third-order valence-electron chi connectivity index (χ3n) is 5.32. The Kier molecular flexibility index (Phi) is 7.58. The smallest absolute Gasteiger partial charge is 0.193 e. The van der Waals surface area contributed by atoms with Gasteiger partial charge in [-0.2, -0.15) is 0 Å². The molecule has 1 fully saturated rings. The summed E-state index contributed by atoms with van der Waals surface area (Å²) >= 11 is 0. The van der Waals surface area contributed by atoms with Crippen molar-refractivity contribution < 1.29 is 13.5 Å². The van der Waals surface area contributed by atoms with Crippen molar-refractivity contribution >= 4 is 5.96 Å². The molecule has 0 amide bonds. The number of rotatable bonds is 7. The van der Waals surface area contributed by atoms with Crippen molar-refractivity contribution in [1.82, 2.24) is 10.2 Å². The highest BCUT2D eigenvalue weighted by molar-refractivity contribution is 5.80. The topological polar surface area (TPSA) is 36.9 Å². The summed E-state index contributed by atoms with van der Waals surface area (Å²) in [4.78, 5) is 6.58. The normalized spacial score (nSPS) is 18.1. The minimum Gasteiger partial charge on any atom is -0.376 e. The van der Waals surface area contributed by atoms with Gasteiger partial charge in [0.15, 0.2) is 5.96 Å². The molecule has 1 heterocycles. The van der Waals surface area contributed by atoms with Gasteiger partial charge in [-0.15, -0.1) is 0 Å². The van der Waals surface area contributed by atoms with Crippen LogP contribution < -0.4 is 5.32 Å². The monoisotopic (exact) mass is 401 g/mol. The first-order valence-corrected chi connectivity index (χ1v) is 10.1. The lowest BCUT2D eigenvalue weighted by Crippen LogP contribution is -2.41. The molecule has 0 saturated carbocycles. The molecule has 2 aromatic carbocycles. The first kappa shape index (κ1) is 21.2. The summed E-state index contributed by atoms with van der Waals surface area (Å²) in [6.45, 7) is 5.60. The summed E-state index contributed by atoms with van der Waals surface area (Å²) in [5, 5.41) is 3.33. The van der Waals surface area contributed by atoms with E-state index in [1.165, 1.54) is 17.7 Å². The highest BCUT2D eigenvalue weighted by atomic mass is 19.1. The molecular formula is C23H29F2N3O. The summed E-state index contributed by atoms with van der Waals surface area (Å²) in [5.41, 5.74) is 1.69. The molecule has 6 heteroatoms. The molecule has 1 N–H and O–H groups in total. The second-order valence-corrected chi connectivity index (χ2v) is 7.60. The second kappa shape index (κ2) is 10.3. The number of halogens is 2. The van der Waals surface area contributed by atoms with Crippen LogP contribution in [0.2, 0.25) is 0 Å². The van der Waals surface area contributed by atoms with Crippen molar-refractivity contribution in [2.75, 3.05) is 33.3 Å². The zero-order valence-electron chi connectivity index (χ0n) is 17.1. The summed E-state index contributed by atoms with van der Waals surface area (Å²) in [6, 6.07) is 13.9. The summed E-state index contributed by atoms with van der Waals surface area (Å²) in [7, 11) is 1.75. The molecule has 29 heavy (non-hydrogen) atoms. The SMILES string of the molecule is CN=C(NCC(C)c1ccc(F)cc1F)N1CCC(COCc2ccccc2)C1. The third-order valence-corrected chi connectivity index (χ3v) is 5.32. The van der Waals surface area contributed by atoms with Crippen LogP contribution in [0.15, 0.2) is 53.5 Å². The van der Waals surface area contributed by atoms with Gasteiger partial charge in [0.1, 0.15) is 11.6 Å². The first-order valence-electron chi connectivity index (χ1n) is 10.1. The number of aliphatic imine (C=N–C) groups is 1. The van der Waals surface area contributed by atoms with Crippen molar-refractivity contribution in [3.8, 4) is 0 Å². The molecule has 156 valence electrons. The molecule has 2 atom stereocenters.